The maximum Gasteiger partial charge on any atom is 0.339 e. The minimum absolute atomic E-state index is 0.305. The molecule has 0 fully saturated rings. The van der Waals surface area contributed by atoms with Crippen LogP contribution in [0, 0.1) is 5.82 Å². The van der Waals surface area contributed by atoms with Crippen LogP contribution in [0.4, 0.5) is 4.39 Å². The Labute approximate surface area is 186 Å². The topological polar surface area (TPSA) is 64.6 Å². The molecule has 3 rings (SSSR count). The van der Waals surface area contributed by atoms with Crippen molar-refractivity contribution in [1.82, 2.24) is 5.32 Å². The van der Waals surface area contributed by atoms with Crippen molar-refractivity contribution in [3.8, 4) is 5.75 Å². The zero-order chi connectivity index (χ0) is 22.8. The molecule has 0 aromatic heterocycles. The zero-order valence-corrected chi connectivity index (χ0v) is 17.7. The highest BCUT2D eigenvalue weighted by Crippen LogP contribution is 2.25. The molecular weight excluding hydrogens is 409 g/mol. The molecule has 1 N–H and O–H groups in total. The van der Waals surface area contributed by atoms with E-state index in [0.717, 1.165) is 11.1 Å². The molecule has 32 heavy (non-hydrogen) atoms. The second kappa shape index (κ2) is 11.5. The first-order valence-corrected chi connectivity index (χ1v) is 10.1. The van der Waals surface area contributed by atoms with Crippen LogP contribution in [0.3, 0.4) is 0 Å². The zero-order valence-electron chi connectivity index (χ0n) is 17.7. The predicted octanol–water partition coefficient (Wildman–Crippen LogP) is 4.28. The van der Waals surface area contributed by atoms with Crippen molar-refractivity contribution in [3.63, 3.8) is 0 Å². The first-order valence-electron chi connectivity index (χ1n) is 10.1. The number of para-hydroxylation sites is 1. The Bertz CT molecular complexity index is 1080. The van der Waals surface area contributed by atoms with Gasteiger partial charge in [-0.1, -0.05) is 60.7 Å². The lowest BCUT2D eigenvalue weighted by atomic mass is 10.0. The number of hydrogen-bond donors (Lipinski definition) is 1. The van der Waals surface area contributed by atoms with Gasteiger partial charge in [0.05, 0.1) is 12.7 Å². The number of hydrogen-bond acceptors (Lipinski definition) is 4. The summed E-state index contributed by atoms with van der Waals surface area (Å²) in [7, 11) is 1.56. The monoisotopic (exact) mass is 433 g/mol. The van der Waals surface area contributed by atoms with E-state index in [1.165, 1.54) is 12.1 Å². The summed E-state index contributed by atoms with van der Waals surface area (Å²) in [5.41, 5.74) is 2.60. The summed E-state index contributed by atoms with van der Waals surface area (Å²) in [6.45, 7) is -0.0526. The second-order valence-electron chi connectivity index (χ2n) is 6.97. The standard InChI is InChI=1S/C26H24FNO4/c1-31-24-10-6-5-9-21(24)17-23(20-7-3-2-4-8-20)26(30)32-18-25(29)28-16-15-19-11-13-22(27)14-12-19/h2-14,17H,15-16,18H2,1H3,(H,28,29)/b23-17+. The van der Waals surface area contributed by atoms with Crippen molar-refractivity contribution < 1.29 is 23.5 Å². The van der Waals surface area contributed by atoms with Crippen LogP contribution in [0.2, 0.25) is 0 Å². The highest BCUT2D eigenvalue weighted by Gasteiger charge is 2.16. The Balaban J connectivity index is 1.63. The first-order chi connectivity index (χ1) is 15.6. The Morgan fingerprint density at radius 2 is 1.62 bits per heavy atom. The average Bonchev–Trinajstić information content (AvgIpc) is 2.83. The van der Waals surface area contributed by atoms with Gasteiger partial charge in [0, 0.05) is 12.1 Å². The number of amides is 1. The van der Waals surface area contributed by atoms with Gasteiger partial charge < -0.3 is 14.8 Å². The fourth-order valence-electron chi connectivity index (χ4n) is 3.08. The van der Waals surface area contributed by atoms with E-state index in [2.05, 4.69) is 5.32 Å². The third kappa shape index (κ3) is 6.54. The highest BCUT2D eigenvalue weighted by molar-refractivity contribution is 6.22. The molecule has 3 aromatic rings. The molecule has 0 aliphatic rings. The molecule has 3 aromatic carbocycles. The number of rotatable bonds is 9. The number of benzene rings is 3. The van der Waals surface area contributed by atoms with Crippen molar-refractivity contribution in [2.75, 3.05) is 20.3 Å². The van der Waals surface area contributed by atoms with E-state index >= 15 is 0 Å². The maximum absolute atomic E-state index is 13.0. The van der Waals surface area contributed by atoms with Crippen LogP contribution < -0.4 is 10.1 Å². The molecule has 0 spiro atoms. The van der Waals surface area contributed by atoms with Gasteiger partial charge in [0.2, 0.25) is 0 Å². The minimum atomic E-state index is -0.615. The van der Waals surface area contributed by atoms with E-state index in [4.69, 9.17) is 9.47 Å². The quantitative estimate of drug-likeness (QED) is 0.311. The SMILES string of the molecule is COc1ccccc1/C=C(/C(=O)OCC(=O)NCCc1ccc(F)cc1)c1ccccc1. The van der Waals surface area contributed by atoms with Crippen LogP contribution in [0.1, 0.15) is 16.7 Å². The Morgan fingerprint density at radius 1 is 0.938 bits per heavy atom. The Kier molecular flexibility index (Phi) is 8.15. The van der Waals surface area contributed by atoms with Crippen molar-refractivity contribution in [2.24, 2.45) is 0 Å². The molecule has 0 heterocycles. The fraction of sp³-hybridized carbons (Fsp3) is 0.154. The number of halogens is 1. The maximum atomic E-state index is 13.0. The van der Waals surface area contributed by atoms with E-state index in [-0.39, 0.29) is 5.82 Å². The normalized spacial score (nSPS) is 11.0. The van der Waals surface area contributed by atoms with Crippen LogP contribution >= 0.6 is 0 Å². The summed E-state index contributed by atoms with van der Waals surface area (Å²) >= 11 is 0. The molecule has 0 unspecified atom stereocenters. The summed E-state index contributed by atoms with van der Waals surface area (Å²) in [5, 5.41) is 2.70. The summed E-state index contributed by atoms with van der Waals surface area (Å²) in [6.07, 6.45) is 2.23. The van der Waals surface area contributed by atoms with Crippen molar-refractivity contribution in [1.29, 1.82) is 0 Å². The third-order valence-electron chi connectivity index (χ3n) is 4.73. The van der Waals surface area contributed by atoms with E-state index in [1.54, 1.807) is 43.5 Å². The van der Waals surface area contributed by atoms with Crippen LogP contribution in [0.25, 0.3) is 11.6 Å². The largest absolute Gasteiger partial charge is 0.496 e. The van der Waals surface area contributed by atoms with Crippen molar-refractivity contribution in [3.05, 3.63) is 101 Å². The number of nitrogens with one attached hydrogen (secondary N) is 1. The molecule has 0 radical (unpaired) electrons. The molecule has 164 valence electrons. The van der Waals surface area contributed by atoms with Gasteiger partial charge in [-0.15, -0.1) is 0 Å². The van der Waals surface area contributed by atoms with Gasteiger partial charge in [-0.25, -0.2) is 9.18 Å². The van der Waals surface area contributed by atoms with Gasteiger partial charge in [0.15, 0.2) is 6.61 Å². The van der Waals surface area contributed by atoms with Gasteiger partial charge in [-0.2, -0.15) is 0 Å². The lowest BCUT2D eigenvalue weighted by Gasteiger charge is -2.11. The molecule has 1 amide bonds. The van der Waals surface area contributed by atoms with Crippen LogP contribution in [-0.4, -0.2) is 32.1 Å². The van der Waals surface area contributed by atoms with Gasteiger partial charge in [0.25, 0.3) is 5.91 Å². The molecular formula is C26H24FNO4. The lowest BCUT2D eigenvalue weighted by molar-refractivity contribution is -0.142. The Hall–Kier alpha value is -3.93. The molecule has 0 aliphatic carbocycles. The average molecular weight is 433 g/mol. The van der Waals surface area contributed by atoms with Crippen LogP contribution in [0.15, 0.2) is 78.9 Å². The highest BCUT2D eigenvalue weighted by atomic mass is 19.1. The predicted molar refractivity (Wildman–Crippen MR) is 121 cm³/mol. The number of carbonyl (C=O) groups is 2. The molecule has 0 saturated heterocycles. The Morgan fingerprint density at radius 3 is 2.34 bits per heavy atom. The van der Waals surface area contributed by atoms with Gasteiger partial charge in [-0.05, 0) is 41.8 Å². The van der Waals surface area contributed by atoms with E-state index < -0.39 is 18.5 Å². The molecule has 5 nitrogen and oxygen atoms in total. The van der Waals surface area contributed by atoms with Crippen LogP contribution in [0.5, 0.6) is 5.75 Å². The molecule has 0 atom stereocenters. The van der Waals surface area contributed by atoms with Crippen LogP contribution in [-0.2, 0) is 20.7 Å². The molecule has 0 bridgehead atoms. The van der Waals surface area contributed by atoms with Gasteiger partial charge in [0.1, 0.15) is 11.6 Å². The second-order valence-corrected chi connectivity index (χ2v) is 6.97. The summed E-state index contributed by atoms with van der Waals surface area (Å²) < 4.78 is 23.6. The summed E-state index contributed by atoms with van der Waals surface area (Å²) in [5.74, 6) is -0.715. The third-order valence-corrected chi connectivity index (χ3v) is 4.73. The number of methoxy groups -OCH3 is 1. The lowest BCUT2D eigenvalue weighted by Crippen LogP contribution is -2.30. The number of esters is 1. The summed E-state index contributed by atoms with van der Waals surface area (Å²) in [4.78, 5) is 25.0. The first kappa shape index (κ1) is 22.7. The van der Waals surface area contributed by atoms with Crippen molar-refractivity contribution >= 4 is 23.5 Å². The summed E-state index contributed by atoms with van der Waals surface area (Å²) in [6, 6.07) is 22.5. The van der Waals surface area contributed by atoms with Gasteiger partial charge in [-0.3, -0.25) is 4.79 Å². The number of carbonyl (C=O) groups excluding carboxylic acids is 2. The fourth-order valence-corrected chi connectivity index (χ4v) is 3.08. The van der Waals surface area contributed by atoms with Gasteiger partial charge >= 0.3 is 5.97 Å². The van der Waals surface area contributed by atoms with E-state index in [9.17, 15) is 14.0 Å². The smallest absolute Gasteiger partial charge is 0.339 e. The van der Waals surface area contributed by atoms with E-state index in [0.29, 0.717) is 29.9 Å². The molecule has 6 heteroatoms. The minimum Gasteiger partial charge on any atom is -0.496 e. The number of ether oxygens (including phenoxy) is 2. The molecule has 0 aliphatic heterocycles. The van der Waals surface area contributed by atoms with Crippen molar-refractivity contribution in [2.45, 2.75) is 6.42 Å². The van der Waals surface area contributed by atoms with E-state index in [1.807, 2.05) is 36.4 Å². The molecule has 0 saturated carbocycles.